The van der Waals surface area contributed by atoms with E-state index in [-0.39, 0.29) is 4.90 Å². The summed E-state index contributed by atoms with van der Waals surface area (Å²) in [6, 6.07) is 7.24. The van der Waals surface area contributed by atoms with Crippen LogP contribution < -0.4 is 0 Å². The van der Waals surface area contributed by atoms with Crippen molar-refractivity contribution < 1.29 is 13.0 Å². The molecule has 5 heteroatoms. The van der Waals surface area contributed by atoms with Crippen molar-refractivity contribution in [3.63, 3.8) is 0 Å². The summed E-state index contributed by atoms with van der Waals surface area (Å²) < 4.78 is 33.0. The zero-order chi connectivity index (χ0) is 13.5. The van der Waals surface area contributed by atoms with Crippen molar-refractivity contribution in [2.75, 3.05) is 0 Å². The second-order valence-electron chi connectivity index (χ2n) is 3.96. The lowest BCUT2D eigenvalue weighted by molar-refractivity contribution is 0.482. The predicted molar refractivity (Wildman–Crippen MR) is 81.3 cm³/mol. The maximum Gasteiger partial charge on any atom is 0.294 e. The van der Waals surface area contributed by atoms with E-state index < -0.39 is 10.1 Å². The molecule has 0 saturated heterocycles. The topological polar surface area (TPSA) is 54.4 Å². The van der Waals surface area contributed by atoms with Crippen LogP contribution in [0.4, 0.5) is 0 Å². The van der Waals surface area contributed by atoms with Crippen LogP contribution in [0.1, 0.15) is 11.1 Å². The number of rotatable bonds is 2. The minimum Gasteiger partial charge on any atom is -0.282 e. The molecule has 94 valence electrons. The van der Waals surface area contributed by atoms with Crippen LogP contribution in [0.15, 0.2) is 35.7 Å². The summed E-state index contributed by atoms with van der Waals surface area (Å²) in [6.45, 7) is 5.37. The van der Waals surface area contributed by atoms with E-state index in [1.54, 1.807) is 13.0 Å². The fourth-order valence-electron chi connectivity index (χ4n) is 2.01. The number of fused-ring (bicyclic) bond motifs is 1. The van der Waals surface area contributed by atoms with Gasteiger partial charge in [-0.2, -0.15) is 8.42 Å². The Bertz CT molecular complexity index is 748. The second kappa shape index (κ2) is 4.64. The van der Waals surface area contributed by atoms with Gasteiger partial charge in [0.1, 0.15) is 0 Å². The first-order valence-corrected chi connectivity index (χ1v) is 7.69. The molecule has 0 bridgehead atoms. The Hall–Kier alpha value is -0.920. The summed E-state index contributed by atoms with van der Waals surface area (Å²) in [5.74, 6) is 0. The first-order chi connectivity index (χ1) is 8.34. The lowest BCUT2D eigenvalue weighted by Crippen LogP contribution is -2.03. The largest absolute Gasteiger partial charge is 0.294 e. The summed E-state index contributed by atoms with van der Waals surface area (Å²) in [6.07, 6.45) is 1.61. The Kier molecular flexibility index (Phi) is 3.48. The third-order valence-corrected chi connectivity index (χ3v) is 4.50. The fourth-order valence-corrected chi connectivity index (χ4v) is 3.30. The van der Waals surface area contributed by atoms with Crippen LogP contribution in [0.5, 0.6) is 0 Å². The monoisotopic (exact) mass is 374 g/mol. The Balaban J connectivity index is 3.01. The van der Waals surface area contributed by atoms with Gasteiger partial charge >= 0.3 is 0 Å². The highest BCUT2D eigenvalue weighted by Gasteiger charge is 2.17. The predicted octanol–water partition coefficient (Wildman–Crippen LogP) is 3.64. The molecule has 3 nitrogen and oxygen atoms in total. The van der Waals surface area contributed by atoms with Gasteiger partial charge in [0.05, 0.1) is 4.90 Å². The highest BCUT2D eigenvalue weighted by atomic mass is 127. The molecule has 0 aromatic heterocycles. The molecule has 0 saturated carbocycles. The molecule has 18 heavy (non-hydrogen) atoms. The van der Waals surface area contributed by atoms with Crippen molar-refractivity contribution in [1.29, 1.82) is 0 Å². The van der Waals surface area contributed by atoms with E-state index in [1.165, 1.54) is 6.07 Å². The average Bonchev–Trinajstić information content (AvgIpc) is 2.27. The molecule has 0 radical (unpaired) electrons. The van der Waals surface area contributed by atoms with Crippen LogP contribution in [0, 0.1) is 10.5 Å². The molecule has 0 atom stereocenters. The van der Waals surface area contributed by atoms with E-state index in [4.69, 9.17) is 0 Å². The van der Waals surface area contributed by atoms with Gasteiger partial charge in [-0.05, 0) is 69.6 Å². The first kappa shape index (κ1) is 13.5. The van der Waals surface area contributed by atoms with E-state index in [1.807, 2.05) is 18.2 Å². The molecule has 0 heterocycles. The molecule has 2 aromatic rings. The molecule has 0 aliphatic rings. The van der Waals surface area contributed by atoms with Crippen molar-refractivity contribution >= 4 is 49.6 Å². The molecule has 0 amide bonds. The van der Waals surface area contributed by atoms with Gasteiger partial charge in [-0.1, -0.05) is 18.7 Å². The van der Waals surface area contributed by atoms with Crippen LogP contribution in [-0.2, 0) is 10.1 Å². The van der Waals surface area contributed by atoms with Crippen LogP contribution in [-0.4, -0.2) is 13.0 Å². The number of benzene rings is 2. The van der Waals surface area contributed by atoms with Gasteiger partial charge in [0, 0.05) is 3.57 Å². The zero-order valence-electron chi connectivity index (χ0n) is 9.64. The molecule has 0 spiro atoms. The van der Waals surface area contributed by atoms with Gasteiger partial charge in [-0.25, -0.2) is 0 Å². The SMILES string of the molecule is C=Cc1c(C)c(S(=O)(=O)O)cc2cc(I)ccc12. The Morgan fingerprint density at radius 2 is 2.00 bits per heavy atom. The smallest absolute Gasteiger partial charge is 0.282 e. The maximum absolute atomic E-state index is 11.4. The van der Waals surface area contributed by atoms with Gasteiger partial charge in [0.2, 0.25) is 0 Å². The van der Waals surface area contributed by atoms with Gasteiger partial charge in [-0.15, -0.1) is 0 Å². The average molecular weight is 374 g/mol. The Morgan fingerprint density at radius 3 is 2.56 bits per heavy atom. The molecule has 2 rings (SSSR count). The van der Waals surface area contributed by atoms with Crippen molar-refractivity contribution in [3.8, 4) is 0 Å². The first-order valence-electron chi connectivity index (χ1n) is 5.17. The van der Waals surface area contributed by atoms with E-state index in [0.717, 1.165) is 19.9 Å². The molecule has 2 aromatic carbocycles. The van der Waals surface area contributed by atoms with Crippen LogP contribution in [0.25, 0.3) is 16.8 Å². The standard InChI is InChI=1S/C13H11IO3S/c1-3-11-8(2)13(18(15,16)17)7-9-6-10(14)4-5-12(9)11/h3-7H,1H2,2H3,(H,15,16,17). The van der Waals surface area contributed by atoms with Gasteiger partial charge in [0.25, 0.3) is 10.1 Å². The quantitative estimate of drug-likeness (QED) is 0.645. The Morgan fingerprint density at radius 1 is 1.33 bits per heavy atom. The van der Waals surface area contributed by atoms with E-state index in [9.17, 15) is 13.0 Å². The molecule has 0 unspecified atom stereocenters. The van der Waals surface area contributed by atoms with Gasteiger partial charge in [-0.3, -0.25) is 4.55 Å². The van der Waals surface area contributed by atoms with Crippen molar-refractivity contribution in [2.24, 2.45) is 0 Å². The molecule has 1 N–H and O–H groups in total. The number of hydrogen-bond acceptors (Lipinski definition) is 2. The summed E-state index contributed by atoms with van der Waals surface area (Å²) >= 11 is 2.16. The second-order valence-corrected chi connectivity index (χ2v) is 6.59. The molecule has 0 fully saturated rings. The fraction of sp³-hybridized carbons (Fsp3) is 0.0769. The highest BCUT2D eigenvalue weighted by molar-refractivity contribution is 14.1. The lowest BCUT2D eigenvalue weighted by atomic mass is 10.00. The minimum atomic E-state index is -4.22. The zero-order valence-corrected chi connectivity index (χ0v) is 12.6. The summed E-state index contributed by atoms with van der Waals surface area (Å²) in [7, 11) is -4.22. The number of hydrogen-bond donors (Lipinski definition) is 1. The van der Waals surface area contributed by atoms with Crippen LogP contribution >= 0.6 is 22.6 Å². The minimum absolute atomic E-state index is 0.0631. The van der Waals surface area contributed by atoms with Crippen LogP contribution in [0.2, 0.25) is 0 Å². The third kappa shape index (κ3) is 2.30. The number of halogens is 1. The van der Waals surface area contributed by atoms with Crippen molar-refractivity contribution in [1.82, 2.24) is 0 Å². The molecular weight excluding hydrogens is 363 g/mol. The summed E-state index contributed by atoms with van der Waals surface area (Å²) in [4.78, 5) is -0.0631. The maximum atomic E-state index is 11.4. The molecule has 0 aliphatic carbocycles. The van der Waals surface area contributed by atoms with E-state index in [2.05, 4.69) is 29.2 Å². The molecule has 0 aliphatic heterocycles. The third-order valence-electron chi connectivity index (χ3n) is 2.85. The van der Waals surface area contributed by atoms with Gasteiger partial charge < -0.3 is 0 Å². The highest BCUT2D eigenvalue weighted by Crippen LogP contribution is 2.30. The normalized spacial score (nSPS) is 11.7. The van der Waals surface area contributed by atoms with E-state index >= 15 is 0 Å². The summed E-state index contributed by atoms with van der Waals surface area (Å²) in [5, 5.41) is 1.70. The van der Waals surface area contributed by atoms with E-state index in [0.29, 0.717) is 5.56 Å². The Labute approximate surface area is 119 Å². The van der Waals surface area contributed by atoms with Crippen molar-refractivity contribution in [3.05, 3.63) is 45.5 Å². The van der Waals surface area contributed by atoms with Crippen LogP contribution in [0.3, 0.4) is 0 Å². The van der Waals surface area contributed by atoms with Gasteiger partial charge in [0.15, 0.2) is 0 Å². The van der Waals surface area contributed by atoms with Crippen molar-refractivity contribution in [2.45, 2.75) is 11.8 Å². The molecular formula is C13H11IO3S. The lowest BCUT2D eigenvalue weighted by Gasteiger charge is -2.11. The summed E-state index contributed by atoms with van der Waals surface area (Å²) in [5.41, 5.74) is 1.25.